The van der Waals surface area contributed by atoms with E-state index in [1.165, 1.54) is 11.8 Å². The van der Waals surface area contributed by atoms with Crippen molar-refractivity contribution in [2.45, 2.75) is 62.7 Å². The van der Waals surface area contributed by atoms with Crippen LogP contribution in [0.4, 0.5) is 0 Å². The highest BCUT2D eigenvalue weighted by Crippen LogP contribution is 2.19. The summed E-state index contributed by atoms with van der Waals surface area (Å²) < 4.78 is 0. The Morgan fingerprint density at radius 1 is 0.925 bits per heavy atom. The van der Waals surface area contributed by atoms with Gasteiger partial charge in [0.2, 0.25) is 17.7 Å². The van der Waals surface area contributed by atoms with Gasteiger partial charge in [0, 0.05) is 23.5 Å². The summed E-state index contributed by atoms with van der Waals surface area (Å²) in [5, 5.41) is 27.2. The lowest BCUT2D eigenvalue weighted by molar-refractivity contribution is -0.143. The number of benzene rings is 1. The van der Waals surface area contributed by atoms with E-state index in [2.05, 4.69) is 20.9 Å². The average Bonchev–Trinajstić information content (AvgIpc) is 3.32. The summed E-state index contributed by atoms with van der Waals surface area (Å²) in [4.78, 5) is 65.2. The molecule has 0 saturated carbocycles. The third kappa shape index (κ3) is 10.2. The first-order valence-corrected chi connectivity index (χ1v) is 14.3. The maximum Gasteiger partial charge on any atom is 0.326 e. The highest BCUT2D eigenvalue weighted by atomic mass is 32.2. The van der Waals surface area contributed by atoms with Crippen LogP contribution < -0.4 is 27.4 Å². The lowest BCUT2D eigenvalue weighted by atomic mass is 10.0. The second-order valence-electron chi connectivity index (χ2n) is 9.36. The van der Waals surface area contributed by atoms with Crippen LogP contribution >= 0.6 is 11.8 Å². The van der Waals surface area contributed by atoms with Gasteiger partial charge in [-0.15, -0.1) is 0 Å². The smallest absolute Gasteiger partial charge is 0.326 e. The van der Waals surface area contributed by atoms with Crippen molar-refractivity contribution >= 4 is 52.3 Å². The number of rotatable bonds is 18. The molecule has 0 spiro atoms. The number of carbonyl (C=O) groups is 5. The van der Waals surface area contributed by atoms with Crippen molar-refractivity contribution in [3.8, 4) is 0 Å². The number of carbonyl (C=O) groups excluding carboxylic acids is 3. The van der Waals surface area contributed by atoms with Crippen LogP contribution in [0.15, 0.2) is 30.5 Å². The Hall–Kier alpha value is -3.62. The van der Waals surface area contributed by atoms with Crippen molar-refractivity contribution in [1.82, 2.24) is 20.9 Å². The van der Waals surface area contributed by atoms with Crippen LogP contribution in [0.1, 0.15) is 37.7 Å². The van der Waals surface area contributed by atoms with E-state index in [0.717, 1.165) is 10.9 Å². The van der Waals surface area contributed by atoms with Gasteiger partial charge in [-0.2, -0.15) is 11.8 Å². The molecule has 40 heavy (non-hydrogen) atoms. The lowest BCUT2D eigenvalue weighted by Gasteiger charge is -2.24. The van der Waals surface area contributed by atoms with E-state index < -0.39 is 60.2 Å². The van der Waals surface area contributed by atoms with Gasteiger partial charge in [0.05, 0.1) is 12.5 Å². The molecule has 1 aromatic heterocycles. The van der Waals surface area contributed by atoms with Crippen molar-refractivity contribution in [2.24, 2.45) is 11.5 Å². The summed E-state index contributed by atoms with van der Waals surface area (Å²) in [5.74, 6) is -4.52. The molecule has 0 bridgehead atoms. The number of nitrogens with one attached hydrogen (secondary N) is 4. The Bertz CT molecular complexity index is 1170. The quantitative estimate of drug-likeness (QED) is 0.110. The fourth-order valence-electron chi connectivity index (χ4n) is 4.07. The summed E-state index contributed by atoms with van der Waals surface area (Å²) in [6.45, 7) is 0.463. The van der Waals surface area contributed by atoms with Gasteiger partial charge in [0.15, 0.2) is 0 Å². The molecule has 0 radical (unpaired) electrons. The Kier molecular flexibility index (Phi) is 13.4. The first-order chi connectivity index (χ1) is 19.1. The number of fused-ring (bicyclic) bond motifs is 1. The molecule has 1 heterocycles. The molecule has 220 valence electrons. The molecule has 3 amide bonds. The van der Waals surface area contributed by atoms with Crippen LogP contribution in [0.3, 0.4) is 0 Å². The predicted octanol–water partition coefficient (Wildman–Crippen LogP) is -0.0665. The fourth-order valence-corrected chi connectivity index (χ4v) is 4.54. The van der Waals surface area contributed by atoms with E-state index in [9.17, 15) is 34.2 Å². The Morgan fingerprint density at radius 3 is 2.23 bits per heavy atom. The molecule has 13 nitrogen and oxygen atoms in total. The number of aromatic amines is 1. The Balaban J connectivity index is 2.14. The topological polar surface area (TPSA) is 230 Å². The third-order valence-electron chi connectivity index (χ3n) is 6.27. The lowest BCUT2D eigenvalue weighted by Crippen LogP contribution is -2.57. The first kappa shape index (κ1) is 32.6. The highest BCUT2D eigenvalue weighted by molar-refractivity contribution is 7.98. The highest BCUT2D eigenvalue weighted by Gasteiger charge is 2.32. The standard InChI is InChI=1S/C26H38N6O7S/c1-40-11-9-19(30-23(35)17(28)7-4-5-10-27)24(36)31-20(13-22(33)34)25(37)32-21(26(38)39)12-15-14-29-18-8-3-2-6-16(15)18/h2-3,6,8,14,17,19-21,29H,4-5,7,9-13,27-28H2,1H3,(H,30,35)(H,31,36)(H,32,37)(H,33,34)(H,38,39). The van der Waals surface area contributed by atoms with Crippen molar-refractivity contribution in [3.63, 3.8) is 0 Å². The van der Waals surface area contributed by atoms with Crippen molar-refractivity contribution in [1.29, 1.82) is 0 Å². The van der Waals surface area contributed by atoms with E-state index in [-0.39, 0.29) is 12.8 Å². The van der Waals surface area contributed by atoms with Gasteiger partial charge in [0.1, 0.15) is 18.1 Å². The average molecular weight is 579 g/mol. The van der Waals surface area contributed by atoms with Gasteiger partial charge >= 0.3 is 11.9 Å². The van der Waals surface area contributed by atoms with E-state index in [4.69, 9.17) is 11.5 Å². The van der Waals surface area contributed by atoms with Crippen molar-refractivity contribution in [2.75, 3.05) is 18.6 Å². The minimum absolute atomic E-state index is 0.0761. The van der Waals surface area contributed by atoms with Gasteiger partial charge in [-0.3, -0.25) is 19.2 Å². The largest absolute Gasteiger partial charge is 0.481 e. The molecule has 2 aromatic rings. The summed E-state index contributed by atoms with van der Waals surface area (Å²) in [7, 11) is 0. The minimum Gasteiger partial charge on any atom is -0.481 e. The number of nitrogens with two attached hydrogens (primary N) is 2. The second kappa shape index (κ2) is 16.5. The summed E-state index contributed by atoms with van der Waals surface area (Å²) in [5.41, 5.74) is 12.8. The zero-order valence-electron chi connectivity index (χ0n) is 22.4. The number of amides is 3. The fraction of sp³-hybridized carbons (Fsp3) is 0.500. The van der Waals surface area contributed by atoms with Gasteiger partial charge < -0.3 is 42.6 Å². The maximum atomic E-state index is 13.1. The van der Waals surface area contributed by atoms with Crippen LogP contribution in [0, 0.1) is 0 Å². The van der Waals surface area contributed by atoms with Gasteiger partial charge in [-0.1, -0.05) is 24.6 Å². The number of carboxylic acids is 2. The third-order valence-corrected chi connectivity index (χ3v) is 6.92. The van der Waals surface area contributed by atoms with Crippen LogP contribution in [0.2, 0.25) is 0 Å². The van der Waals surface area contributed by atoms with Crippen LogP contribution in [0.25, 0.3) is 10.9 Å². The SMILES string of the molecule is CSCCC(NC(=O)C(N)CCCCN)C(=O)NC(CC(=O)O)C(=O)NC(Cc1c[nH]c2ccccc12)C(=O)O. The number of unbranched alkanes of at least 4 members (excludes halogenated alkanes) is 1. The molecule has 0 aliphatic carbocycles. The van der Waals surface area contributed by atoms with Gasteiger partial charge in [-0.05, 0) is 49.4 Å². The zero-order valence-corrected chi connectivity index (χ0v) is 23.2. The number of hydrogen-bond acceptors (Lipinski definition) is 8. The van der Waals surface area contributed by atoms with E-state index in [1.54, 1.807) is 12.3 Å². The Labute approximate surface area is 236 Å². The minimum atomic E-state index is -1.58. The van der Waals surface area contributed by atoms with Crippen molar-refractivity contribution in [3.05, 3.63) is 36.0 Å². The number of aromatic nitrogens is 1. The molecule has 2 rings (SSSR count). The first-order valence-electron chi connectivity index (χ1n) is 12.9. The molecule has 0 saturated heterocycles. The normalized spacial score (nSPS) is 14.1. The van der Waals surface area contributed by atoms with E-state index in [0.29, 0.717) is 37.1 Å². The van der Waals surface area contributed by atoms with Crippen LogP contribution in [-0.2, 0) is 30.4 Å². The van der Waals surface area contributed by atoms with Crippen molar-refractivity contribution < 1.29 is 34.2 Å². The number of para-hydroxylation sites is 1. The number of H-pyrrole nitrogens is 1. The van der Waals surface area contributed by atoms with Gasteiger partial charge in [0.25, 0.3) is 0 Å². The molecule has 4 atom stereocenters. The van der Waals surface area contributed by atoms with Crippen LogP contribution in [0.5, 0.6) is 0 Å². The molecular formula is C26H38N6O7S. The predicted molar refractivity (Wildman–Crippen MR) is 152 cm³/mol. The van der Waals surface area contributed by atoms with E-state index in [1.807, 2.05) is 24.5 Å². The molecule has 1 aromatic carbocycles. The number of hydrogen-bond donors (Lipinski definition) is 8. The second-order valence-corrected chi connectivity index (χ2v) is 10.3. The molecule has 4 unspecified atom stereocenters. The monoisotopic (exact) mass is 578 g/mol. The zero-order chi connectivity index (χ0) is 29.7. The molecular weight excluding hydrogens is 540 g/mol. The molecule has 14 heteroatoms. The number of aliphatic carboxylic acids is 2. The summed E-state index contributed by atoms with van der Waals surface area (Å²) >= 11 is 1.43. The van der Waals surface area contributed by atoms with E-state index >= 15 is 0 Å². The Morgan fingerprint density at radius 2 is 1.57 bits per heavy atom. The molecule has 0 fully saturated rings. The molecule has 0 aliphatic heterocycles. The molecule has 0 aliphatic rings. The number of thioether (sulfide) groups is 1. The molecule has 10 N–H and O–H groups in total. The van der Waals surface area contributed by atoms with Gasteiger partial charge in [-0.25, -0.2) is 4.79 Å². The summed E-state index contributed by atoms with van der Waals surface area (Å²) in [6.07, 6.45) is 4.49. The summed E-state index contributed by atoms with van der Waals surface area (Å²) in [6, 6.07) is 2.34. The van der Waals surface area contributed by atoms with Crippen LogP contribution in [-0.4, -0.2) is 87.6 Å². The maximum absolute atomic E-state index is 13.1. The number of carboxylic acid groups (broad SMARTS) is 2.